The van der Waals surface area contributed by atoms with Crippen LogP contribution in [0.25, 0.3) is 11.6 Å². The molecule has 1 saturated carbocycles. The van der Waals surface area contributed by atoms with Gasteiger partial charge in [-0.05, 0) is 81.1 Å². The van der Waals surface area contributed by atoms with E-state index in [1.165, 1.54) is 12.8 Å². The van der Waals surface area contributed by atoms with Crippen molar-refractivity contribution in [2.75, 3.05) is 12.4 Å². The van der Waals surface area contributed by atoms with Crippen LogP contribution in [0.3, 0.4) is 0 Å². The number of carbonyl (C=O) groups is 2. The fourth-order valence-electron chi connectivity index (χ4n) is 3.70. The summed E-state index contributed by atoms with van der Waals surface area (Å²) in [5.41, 5.74) is 6.78. The molecule has 3 N–H and O–H groups in total. The van der Waals surface area contributed by atoms with Gasteiger partial charge in [0.05, 0.1) is 16.6 Å². The fraction of sp³-hybridized carbons (Fsp3) is 0.286. The van der Waals surface area contributed by atoms with Crippen LogP contribution in [0.5, 0.6) is 0 Å². The van der Waals surface area contributed by atoms with E-state index in [2.05, 4.69) is 15.6 Å². The predicted molar refractivity (Wildman–Crippen MR) is 154 cm³/mol. The van der Waals surface area contributed by atoms with Crippen molar-refractivity contribution in [2.24, 2.45) is 0 Å². The second-order valence-electron chi connectivity index (χ2n) is 8.84. The first kappa shape index (κ1) is 28.7. The van der Waals surface area contributed by atoms with Crippen molar-refractivity contribution in [1.29, 1.82) is 0 Å². The van der Waals surface area contributed by atoms with Crippen molar-refractivity contribution in [3.8, 4) is 0 Å². The summed E-state index contributed by atoms with van der Waals surface area (Å²) in [5, 5.41) is 6.71. The quantitative estimate of drug-likeness (QED) is 0.214. The molecule has 196 valence electrons. The first-order chi connectivity index (χ1) is 17.7. The number of anilines is 1. The maximum atomic E-state index is 13.1. The minimum atomic E-state index is -1.39. The maximum Gasteiger partial charge on any atom is 0.207 e. The van der Waals surface area contributed by atoms with Crippen molar-refractivity contribution in [1.82, 2.24) is 10.3 Å². The summed E-state index contributed by atoms with van der Waals surface area (Å²) in [6.45, 7) is 6.07. The topological polar surface area (TPSA) is 91.1 Å². The molecule has 3 aromatic rings. The Labute approximate surface area is 230 Å². The van der Waals surface area contributed by atoms with Crippen LogP contribution in [0.1, 0.15) is 46.5 Å². The van der Waals surface area contributed by atoms with Crippen LogP contribution in [-0.2, 0) is 26.1 Å². The normalized spacial score (nSPS) is 13.8. The third-order valence-corrected chi connectivity index (χ3v) is 8.37. The number of rotatable bonds is 9. The molecular weight excluding hydrogens is 529 g/mol. The van der Waals surface area contributed by atoms with Crippen LogP contribution in [0, 0.1) is 20.8 Å². The highest BCUT2D eigenvalue weighted by Crippen LogP contribution is 2.31. The molecule has 37 heavy (non-hydrogen) atoms. The van der Waals surface area contributed by atoms with E-state index in [1.54, 1.807) is 37.4 Å². The molecule has 1 aliphatic carbocycles. The molecular formula is C28H31Cl2N3O3S. The van der Waals surface area contributed by atoms with Crippen LogP contribution in [0.15, 0.2) is 41.3 Å². The molecule has 1 atom stereocenters. The third kappa shape index (κ3) is 7.34. The van der Waals surface area contributed by atoms with E-state index in [4.69, 9.17) is 23.2 Å². The highest BCUT2D eigenvalue weighted by Gasteiger charge is 2.19. The van der Waals surface area contributed by atoms with Gasteiger partial charge < -0.3 is 15.6 Å². The Morgan fingerprint density at radius 3 is 2.24 bits per heavy atom. The van der Waals surface area contributed by atoms with Gasteiger partial charge in [0.25, 0.3) is 0 Å². The van der Waals surface area contributed by atoms with E-state index in [0.29, 0.717) is 37.7 Å². The number of allylic oxidation sites excluding steroid dienone is 1. The number of halogens is 2. The summed E-state index contributed by atoms with van der Waals surface area (Å²) in [6.07, 6.45) is 5.77. The van der Waals surface area contributed by atoms with E-state index in [0.717, 1.165) is 40.9 Å². The molecule has 0 aliphatic heterocycles. The molecule has 1 unspecified atom stereocenters. The summed E-state index contributed by atoms with van der Waals surface area (Å²) in [6, 6.07) is 11.1. The number of amides is 1. The zero-order valence-corrected chi connectivity index (χ0v) is 23.6. The number of hydrogen-bond acceptors (Lipinski definition) is 4. The maximum absolute atomic E-state index is 13.1. The van der Waals surface area contributed by atoms with Crippen LogP contribution in [0.2, 0.25) is 10.0 Å². The Morgan fingerprint density at radius 2 is 1.76 bits per heavy atom. The van der Waals surface area contributed by atoms with Gasteiger partial charge in [-0.3, -0.25) is 13.8 Å². The molecule has 1 fully saturated rings. The second kappa shape index (κ2) is 13.1. The van der Waals surface area contributed by atoms with Crippen molar-refractivity contribution in [3.63, 3.8) is 0 Å². The molecule has 6 nitrogen and oxygen atoms in total. The monoisotopic (exact) mass is 559 g/mol. The van der Waals surface area contributed by atoms with E-state index in [-0.39, 0.29) is 5.75 Å². The third-order valence-electron chi connectivity index (χ3n) is 6.33. The Morgan fingerprint density at radius 1 is 1.08 bits per heavy atom. The number of benzene rings is 2. The Balaban J connectivity index is 0.000000555. The van der Waals surface area contributed by atoms with Crippen LogP contribution in [0.4, 0.5) is 5.69 Å². The number of aryl methyl sites for hydroxylation is 1. The number of aromatic amines is 1. The molecule has 1 aromatic heterocycles. The van der Waals surface area contributed by atoms with Crippen molar-refractivity contribution in [2.45, 2.75) is 50.3 Å². The summed E-state index contributed by atoms with van der Waals surface area (Å²) in [7, 11) is 0.395. The number of nitrogens with one attached hydrogen (secondary N) is 3. The first-order valence-electron chi connectivity index (χ1n) is 11.9. The van der Waals surface area contributed by atoms with Gasteiger partial charge in [0.15, 0.2) is 6.29 Å². The lowest BCUT2D eigenvalue weighted by molar-refractivity contribution is -0.109. The van der Waals surface area contributed by atoms with Crippen LogP contribution >= 0.6 is 23.2 Å². The van der Waals surface area contributed by atoms with Gasteiger partial charge in [0, 0.05) is 61.8 Å². The molecule has 2 aromatic carbocycles. The SMILES string of the molecule is CNc1ccc(S(=O)Cc2c(Cl)cccc2Cl)cc1/C(C=O)=C/c1[nH]c(C)c(C)c1C.O=CNC1CC1. The van der Waals surface area contributed by atoms with E-state index < -0.39 is 10.8 Å². The highest BCUT2D eigenvalue weighted by atomic mass is 35.5. The number of carbonyl (C=O) groups excluding carboxylic acids is 2. The van der Waals surface area contributed by atoms with Gasteiger partial charge >= 0.3 is 0 Å². The Kier molecular flexibility index (Phi) is 10.1. The minimum Gasteiger partial charge on any atom is -0.388 e. The molecule has 9 heteroatoms. The Hall–Kier alpha value is -2.87. The lowest BCUT2D eigenvalue weighted by atomic mass is 10.0. The van der Waals surface area contributed by atoms with Crippen molar-refractivity contribution in [3.05, 3.63) is 80.1 Å². The number of aromatic nitrogens is 1. The zero-order valence-electron chi connectivity index (χ0n) is 21.3. The van der Waals surface area contributed by atoms with Gasteiger partial charge in [0.2, 0.25) is 6.41 Å². The predicted octanol–water partition coefficient (Wildman–Crippen LogP) is 6.23. The van der Waals surface area contributed by atoms with Gasteiger partial charge in [-0.1, -0.05) is 29.3 Å². The van der Waals surface area contributed by atoms with Crippen LogP contribution in [-0.4, -0.2) is 35.0 Å². The van der Waals surface area contributed by atoms with E-state index in [1.807, 2.05) is 32.9 Å². The summed E-state index contributed by atoms with van der Waals surface area (Å²) in [4.78, 5) is 25.5. The molecule has 0 radical (unpaired) electrons. The summed E-state index contributed by atoms with van der Waals surface area (Å²) >= 11 is 12.5. The number of hydrogen-bond donors (Lipinski definition) is 3. The molecule has 4 rings (SSSR count). The van der Waals surface area contributed by atoms with E-state index in [9.17, 15) is 13.8 Å². The standard InChI is InChI=1S/C24H24Cl2N2O2S.C4H7NO/c1-14-15(2)24(28-16(14)3)10-17(12-29)19-11-18(8-9-23(19)27-4)31(30)13-20-21(25)6-5-7-22(20)26;6-3-5-4-1-2-4/h5-12,27-28H,13H2,1-4H3;3-4H,1-2H2,(H,5,6)/b17-10+;. The molecule has 1 aliphatic rings. The first-order valence-corrected chi connectivity index (χ1v) is 13.9. The smallest absolute Gasteiger partial charge is 0.207 e. The number of aldehydes is 1. The lowest BCUT2D eigenvalue weighted by Gasteiger charge is -2.12. The molecule has 0 spiro atoms. The van der Waals surface area contributed by atoms with Gasteiger partial charge in [-0.25, -0.2) is 0 Å². The molecule has 0 bridgehead atoms. The zero-order chi connectivity index (χ0) is 27.1. The average molecular weight is 561 g/mol. The van der Waals surface area contributed by atoms with Crippen molar-refractivity contribution < 1.29 is 13.8 Å². The molecule has 1 heterocycles. The van der Waals surface area contributed by atoms with Gasteiger partial charge in [0.1, 0.15) is 0 Å². The molecule has 1 amide bonds. The van der Waals surface area contributed by atoms with Crippen molar-refractivity contribution >= 4 is 64.0 Å². The highest BCUT2D eigenvalue weighted by molar-refractivity contribution is 7.84. The average Bonchev–Trinajstić information content (AvgIpc) is 3.68. The van der Waals surface area contributed by atoms with Crippen LogP contribution < -0.4 is 10.6 Å². The number of H-pyrrole nitrogens is 1. The lowest BCUT2D eigenvalue weighted by Crippen LogP contribution is -2.11. The van der Waals surface area contributed by atoms with Gasteiger partial charge in [-0.2, -0.15) is 0 Å². The summed E-state index contributed by atoms with van der Waals surface area (Å²) in [5.74, 6) is 0.186. The molecule has 0 saturated heterocycles. The van der Waals surface area contributed by atoms with E-state index >= 15 is 0 Å². The van der Waals surface area contributed by atoms with Gasteiger partial charge in [-0.15, -0.1) is 0 Å². The second-order valence-corrected chi connectivity index (χ2v) is 11.1. The Bertz CT molecular complexity index is 1330. The minimum absolute atomic E-state index is 0.186. The fourth-order valence-corrected chi connectivity index (χ4v) is 5.60. The largest absolute Gasteiger partial charge is 0.388 e. The summed E-state index contributed by atoms with van der Waals surface area (Å²) < 4.78 is 13.1.